The lowest BCUT2D eigenvalue weighted by Gasteiger charge is -2.29. The molecule has 1 unspecified atom stereocenters. The maximum atomic E-state index is 12.3. The number of nitrogens with zero attached hydrogens (tertiary/aromatic N) is 1. The lowest BCUT2D eigenvalue weighted by atomic mass is 10.00. The molecule has 1 aromatic carbocycles. The van der Waals surface area contributed by atoms with Crippen molar-refractivity contribution in [2.75, 3.05) is 4.90 Å². The van der Waals surface area contributed by atoms with Crippen molar-refractivity contribution in [2.45, 2.75) is 13.3 Å². The molecule has 1 saturated heterocycles. The van der Waals surface area contributed by atoms with E-state index in [-0.39, 0.29) is 6.42 Å². The third-order valence-electron chi connectivity index (χ3n) is 2.89. The average molecular weight is 258 g/mol. The number of benzene rings is 1. The van der Waals surface area contributed by atoms with Crippen LogP contribution in [0.1, 0.15) is 13.3 Å². The van der Waals surface area contributed by atoms with E-state index < -0.39 is 23.8 Å². The molecule has 19 heavy (non-hydrogen) atoms. The van der Waals surface area contributed by atoms with E-state index in [2.05, 4.69) is 5.32 Å². The number of hydrogen-bond acceptors (Lipinski definition) is 3. The van der Waals surface area contributed by atoms with Crippen LogP contribution < -0.4 is 10.2 Å². The number of para-hydroxylation sites is 1. The minimum Gasteiger partial charge on any atom is -0.277 e. The van der Waals surface area contributed by atoms with E-state index in [1.807, 2.05) is 6.92 Å². The summed E-state index contributed by atoms with van der Waals surface area (Å²) in [7, 11) is 0. The molecule has 0 aliphatic carbocycles. The van der Waals surface area contributed by atoms with Crippen molar-refractivity contribution in [1.82, 2.24) is 5.32 Å². The number of rotatable bonds is 3. The van der Waals surface area contributed by atoms with E-state index in [9.17, 15) is 14.4 Å². The van der Waals surface area contributed by atoms with Gasteiger partial charge in [-0.1, -0.05) is 30.4 Å². The second-order valence-electron chi connectivity index (χ2n) is 4.16. The van der Waals surface area contributed by atoms with Crippen LogP contribution in [0.3, 0.4) is 0 Å². The fourth-order valence-corrected chi connectivity index (χ4v) is 1.92. The smallest absolute Gasteiger partial charge is 0.277 e. The van der Waals surface area contributed by atoms with Gasteiger partial charge in [-0.2, -0.15) is 0 Å². The van der Waals surface area contributed by atoms with Gasteiger partial charge in [0.05, 0.1) is 5.69 Å². The molecule has 5 heteroatoms. The summed E-state index contributed by atoms with van der Waals surface area (Å²) in [5.41, 5.74) is 0.461. The summed E-state index contributed by atoms with van der Waals surface area (Å²) in [6.07, 6.45) is 3.79. The summed E-state index contributed by atoms with van der Waals surface area (Å²) in [5, 5.41) is 2.21. The molecule has 4 amide bonds. The Bertz CT molecular complexity index is 537. The van der Waals surface area contributed by atoms with Gasteiger partial charge in [-0.3, -0.25) is 14.9 Å². The van der Waals surface area contributed by atoms with Crippen LogP contribution in [0.2, 0.25) is 0 Å². The molecule has 1 fully saturated rings. The van der Waals surface area contributed by atoms with Crippen molar-refractivity contribution >= 4 is 23.5 Å². The van der Waals surface area contributed by atoms with Gasteiger partial charge in [0.25, 0.3) is 0 Å². The molecule has 1 heterocycles. The molecule has 0 radical (unpaired) electrons. The minimum absolute atomic E-state index is 0.289. The summed E-state index contributed by atoms with van der Waals surface area (Å²) >= 11 is 0. The number of hydrogen-bond donors (Lipinski definition) is 1. The van der Waals surface area contributed by atoms with Gasteiger partial charge in [-0.25, -0.2) is 9.69 Å². The van der Waals surface area contributed by atoms with E-state index in [0.29, 0.717) is 5.69 Å². The number of anilines is 1. The first kappa shape index (κ1) is 13.0. The molecule has 0 aromatic heterocycles. The van der Waals surface area contributed by atoms with Crippen LogP contribution in [0.4, 0.5) is 10.5 Å². The Labute approximate surface area is 110 Å². The van der Waals surface area contributed by atoms with E-state index in [0.717, 1.165) is 4.90 Å². The number of barbiturate groups is 1. The Morgan fingerprint density at radius 3 is 2.53 bits per heavy atom. The van der Waals surface area contributed by atoms with E-state index in [1.165, 1.54) is 0 Å². The Morgan fingerprint density at radius 2 is 1.89 bits per heavy atom. The molecule has 1 aliphatic rings. The third kappa shape index (κ3) is 2.54. The molecular weight excluding hydrogens is 244 g/mol. The fourth-order valence-electron chi connectivity index (χ4n) is 1.92. The lowest BCUT2D eigenvalue weighted by molar-refractivity contribution is -0.134. The van der Waals surface area contributed by atoms with Gasteiger partial charge in [0.2, 0.25) is 11.8 Å². The van der Waals surface area contributed by atoms with Gasteiger partial charge < -0.3 is 0 Å². The lowest BCUT2D eigenvalue weighted by Crippen LogP contribution is -2.58. The molecule has 1 aliphatic heterocycles. The quantitative estimate of drug-likeness (QED) is 0.664. The topological polar surface area (TPSA) is 66.5 Å². The van der Waals surface area contributed by atoms with Crippen LogP contribution in [0.25, 0.3) is 0 Å². The summed E-state index contributed by atoms with van der Waals surface area (Å²) in [6.45, 7) is 1.81. The van der Waals surface area contributed by atoms with E-state index in [1.54, 1.807) is 42.5 Å². The van der Waals surface area contributed by atoms with Crippen molar-refractivity contribution in [3.8, 4) is 0 Å². The molecule has 98 valence electrons. The normalized spacial score (nSPS) is 19.9. The number of amides is 4. The van der Waals surface area contributed by atoms with E-state index in [4.69, 9.17) is 0 Å². The monoisotopic (exact) mass is 258 g/mol. The summed E-state index contributed by atoms with van der Waals surface area (Å²) in [4.78, 5) is 36.7. The van der Waals surface area contributed by atoms with Crippen LogP contribution in [0.15, 0.2) is 42.5 Å². The first-order valence-corrected chi connectivity index (χ1v) is 6.00. The maximum Gasteiger partial charge on any atom is 0.335 e. The predicted molar refractivity (Wildman–Crippen MR) is 70.4 cm³/mol. The zero-order chi connectivity index (χ0) is 13.8. The molecule has 5 nitrogen and oxygen atoms in total. The average Bonchev–Trinajstić information content (AvgIpc) is 2.39. The van der Waals surface area contributed by atoms with Gasteiger partial charge in [0.1, 0.15) is 5.92 Å². The zero-order valence-electron chi connectivity index (χ0n) is 10.5. The second kappa shape index (κ2) is 5.48. The molecule has 0 bridgehead atoms. The summed E-state index contributed by atoms with van der Waals surface area (Å²) in [5.74, 6) is -1.88. The van der Waals surface area contributed by atoms with Crippen LogP contribution in [-0.2, 0) is 9.59 Å². The van der Waals surface area contributed by atoms with Crippen molar-refractivity contribution in [3.05, 3.63) is 42.5 Å². The zero-order valence-corrected chi connectivity index (χ0v) is 10.5. The molecule has 1 atom stereocenters. The number of carbonyl (C=O) groups is 3. The predicted octanol–water partition coefficient (Wildman–Crippen LogP) is 1.85. The highest BCUT2D eigenvalue weighted by atomic mass is 16.2. The standard InChI is InChI=1S/C14H14N2O3/c1-2-3-9-11-12(17)15-14(19)16(13(11)18)10-7-5-4-6-8-10/h2-8,11H,9H2,1H3,(H,15,17,19). The highest BCUT2D eigenvalue weighted by Gasteiger charge is 2.40. The van der Waals surface area contributed by atoms with Crippen LogP contribution >= 0.6 is 0 Å². The first-order chi connectivity index (χ1) is 9.15. The number of imide groups is 2. The molecular formula is C14H14N2O3. The maximum absolute atomic E-state index is 12.3. The largest absolute Gasteiger partial charge is 0.335 e. The second-order valence-corrected chi connectivity index (χ2v) is 4.16. The van der Waals surface area contributed by atoms with Gasteiger partial charge in [0.15, 0.2) is 0 Å². The van der Waals surface area contributed by atoms with Crippen LogP contribution in [0.5, 0.6) is 0 Å². The molecule has 1 aromatic rings. The van der Waals surface area contributed by atoms with E-state index >= 15 is 0 Å². The number of nitrogens with one attached hydrogen (secondary N) is 1. The van der Waals surface area contributed by atoms with Gasteiger partial charge in [-0.15, -0.1) is 0 Å². The van der Waals surface area contributed by atoms with Crippen molar-refractivity contribution < 1.29 is 14.4 Å². The van der Waals surface area contributed by atoms with Crippen LogP contribution in [0, 0.1) is 5.92 Å². The highest BCUT2D eigenvalue weighted by Crippen LogP contribution is 2.22. The molecule has 0 spiro atoms. The third-order valence-corrected chi connectivity index (χ3v) is 2.89. The van der Waals surface area contributed by atoms with Crippen molar-refractivity contribution in [2.24, 2.45) is 5.92 Å². The number of allylic oxidation sites excluding steroid dienone is 2. The van der Waals surface area contributed by atoms with Gasteiger partial charge in [0, 0.05) is 0 Å². The molecule has 1 N–H and O–H groups in total. The highest BCUT2D eigenvalue weighted by molar-refractivity contribution is 6.27. The summed E-state index contributed by atoms with van der Waals surface area (Å²) < 4.78 is 0. The Kier molecular flexibility index (Phi) is 3.75. The van der Waals surface area contributed by atoms with Crippen molar-refractivity contribution in [3.63, 3.8) is 0 Å². The SMILES string of the molecule is CC=CCC1C(=O)NC(=O)N(c2ccccc2)C1=O. The minimum atomic E-state index is -0.853. The summed E-state index contributed by atoms with van der Waals surface area (Å²) in [6, 6.07) is 7.86. The van der Waals surface area contributed by atoms with Gasteiger partial charge in [-0.05, 0) is 25.5 Å². The number of urea groups is 1. The first-order valence-electron chi connectivity index (χ1n) is 6.00. The van der Waals surface area contributed by atoms with Gasteiger partial charge >= 0.3 is 6.03 Å². The van der Waals surface area contributed by atoms with Crippen LogP contribution in [-0.4, -0.2) is 17.8 Å². The Morgan fingerprint density at radius 1 is 1.21 bits per heavy atom. The number of carbonyl (C=O) groups excluding carboxylic acids is 3. The fraction of sp³-hybridized carbons (Fsp3) is 0.214. The Balaban J connectivity index is 2.31. The molecule has 0 saturated carbocycles. The Hall–Kier alpha value is -2.43. The molecule has 2 rings (SSSR count). The van der Waals surface area contributed by atoms with Crippen molar-refractivity contribution in [1.29, 1.82) is 0 Å².